The lowest BCUT2D eigenvalue weighted by Crippen LogP contribution is -2.26. The molecule has 0 aliphatic heterocycles. The van der Waals surface area contributed by atoms with E-state index >= 15 is 0 Å². The number of carbonyl (C=O) groups is 1. The Kier molecular flexibility index (Phi) is 4.65. The van der Waals surface area contributed by atoms with Crippen LogP contribution in [-0.4, -0.2) is 27.7 Å². The van der Waals surface area contributed by atoms with Gasteiger partial charge in [-0.3, -0.25) is 25.0 Å². The molecule has 0 bridgehead atoms. The van der Waals surface area contributed by atoms with Gasteiger partial charge in [-0.15, -0.1) is 0 Å². The SMILES string of the molecule is CN(Cc1ccccc1)C(=O)c1ccc([N+](=O)[O-])c([N+](=O)[O-])c1. The topological polar surface area (TPSA) is 107 Å². The van der Waals surface area contributed by atoms with Crippen molar-refractivity contribution in [3.8, 4) is 0 Å². The van der Waals surface area contributed by atoms with Gasteiger partial charge in [-0.1, -0.05) is 30.3 Å². The number of rotatable bonds is 5. The second-order valence-electron chi connectivity index (χ2n) is 4.86. The molecule has 0 saturated carbocycles. The highest BCUT2D eigenvalue weighted by Crippen LogP contribution is 2.28. The molecule has 118 valence electrons. The van der Waals surface area contributed by atoms with Crippen LogP contribution in [0.2, 0.25) is 0 Å². The van der Waals surface area contributed by atoms with Gasteiger partial charge in [0, 0.05) is 31.3 Å². The summed E-state index contributed by atoms with van der Waals surface area (Å²) in [4.78, 5) is 33.7. The first-order valence-electron chi connectivity index (χ1n) is 6.62. The van der Waals surface area contributed by atoms with Crippen molar-refractivity contribution in [1.29, 1.82) is 0 Å². The van der Waals surface area contributed by atoms with E-state index in [9.17, 15) is 25.0 Å². The van der Waals surface area contributed by atoms with E-state index in [0.29, 0.717) is 6.54 Å². The molecule has 0 aliphatic rings. The highest BCUT2D eigenvalue weighted by atomic mass is 16.6. The molecule has 1 amide bonds. The van der Waals surface area contributed by atoms with Crippen LogP contribution < -0.4 is 0 Å². The van der Waals surface area contributed by atoms with Crippen molar-refractivity contribution >= 4 is 17.3 Å². The number of benzene rings is 2. The van der Waals surface area contributed by atoms with Crippen LogP contribution in [0.15, 0.2) is 48.5 Å². The quantitative estimate of drug-likeness (QED) is 0.623. The van der Waals surface area contributed by atoms with E-state index in [1.807, 2.05) is 30.3 Å². The van der Waals surface area contributed by atoms with Gasteiger partial charge in [0.05, 0.1) is 9.85 Å². The van der Waals surface area contributed by atoms with E-state index in [1.54, 1.807) is 7.05 Å². The molecule has 8 heteroatoms. The first-order chi connectivity index (χ1) is 10.9. The minimum Gasteiger partial charge on any atom is -0.337 e. The van der Waals surface area contributed by atoms with Crippen LogP contribution in [0.25, 0.3) is 0 Å². The van der Waals surface area contributed by atoms with Gasteiger partial charge in [0.25, 0.3) is 5.91 Å². The summed E-state index contributed by atoms with van der Waals surface area (Å²) in [6.07, 6.45) is 0. The molecule has 0 saturated heterocycles. The summed E-state index contributed by atoms with van der Waals surface area (Å²) in [5.41, 5.74) is -0.410. The molecule has 0 N–H and O–H groups in total. The summed E-state index contributed by atoms with van der Waals surface area (Å²) in [7, 11) is 1.56. The molecule has 2 rings (SSSR count). The number of amides is 1. The molecule has 0 aliphatic carbocycles. The molecule has 0 fully saturated rings. The molecule has 23 heavy (non-hydrogen) atoms. The third-order valence-corrected chi connectivity index (χ3v) is 3.23. The van der Waals surface area contributed by atoms with E-state index in [2.05, 4.69) is 0 Å². The molecule has 0 unspecified atom stereocenters. The van der Waals surface area contributed by atoms with Gasteiger partial charge in [0.2, 0.25) is 0 Å². The molecule has 2 aromatic carbocycles. The summed E-state index contributed by atoms with van der Waals surface area (Å²) < 4.78 is 0. The lowest BCUT2D eigenvalue weighted by molar-refractivity contribution is -0.422. The van der Waals surface area contributed by atoms with Crippen molar-refractivity contribution < 1.29 is 14.6 Å². The monoisotopic (exact) mass is 315 g/mol. The second kappa shape index (κ2) is 6.65. The van der Waals surface area contributed by atoms with Gasteiger partial charge >= 0.3 is 11.4 Å². The van der Waals surface area contributed by atoms with Crippen LogP contribution >= 0.6 is 0 Å². The normalized spacial score (nSPS) is 10.1. The molecular formula is C15H13N3O5. The lowest BCUT2D eigenvalue weighted by Gasteiger charge is -2.17. The number of hydrogen-bond acceptors (Lipinski definition) is 5. The maximum atomic E-state index is 12.3. The van der Waals surface area contributed by atoms with E-state index in [-0.39, 0.29) is 5.56 Å². The van der Waals surface area contributed by atoms with Crippen LogP contribution in [0.1, 0.15) is 15.9 Å². The van der Waals surface area contributed by atoms with Gasteiger partial charge < -0.3 is 4.90 Å². The first-order valence-corrected chi connectivity index (χ1v) is 6.62. The van der Waals surface area contributed by atoms with Crippen molar-refractivity contribution in [3.63, 3.8) is 0 Å². The summed E-state index contributed by atoms with van der Waals surface area (Å²) in [5, 5.41) is 21.7. The third-order valence-electron chi connectivity index (χ3n) is 3.23. The van der Waals surface area contributed by atoms with Crippen molar-refractivity contribution in [1.82, 2.24) is 4.90 Å². The molecule has 0 heterocycles. The zero-order valence-corrected chi connectivity index (χ0v) is 12.2. The number of nitro benzene ring substituents is 2. The Morgan fingerprint density at radius 3 is 2.17 bits per heavy atom. The highest BCUT2D eigenvalue weighted by Gasteiger charge is 2.26. The Bertz CT molecular complexity index is 761. The van der Waals surface area contributed by atoms with E-state index in [1.165, 1.54) is 11.0 Å². The number of nitrogens with zero attached hydrogens (tertiary/aromatic N) is 3. The summed E-state index contributed by atoms with van der Waals surface area (Å²) in [6.45, 7) is 0.324. The lowest BCUT2D eigenvalue weighted by atomic mass is 10.1. The van der Waals surface area contributed by atoms with Gasteiger partial charge in [-0.25, -0.2) is 0 Å². The molecule has 2 aromatic rings. The largest absolute Gasteiger partial charge is 0.346 e. The van der Waals surface area contributed by atoms with Gasteiger partial charge in [0.15, 0.2) is 0 Å². The Morgan fingerprint density at radius 2 is 1.61 bits per heavy atom. The maximum Gasteiger partial charge on any atom is 0.346 e. The minimum atomic E-state index is -0.869. The predicted molar refractivity (Wildman–Crippen MR) is 82.0 cm³/mol. The van der Waals surface area contributed by atoms with Crippen LogP contribution in [0, 0.1) is 20.2 Å². The molecule has 0 aromatic heterocycles. The standard InChI is InChI=1S/C15H13N3O5/c1-16(10-11-5-3-2-4-6-11)15(19)12-7-8-13(17(20)21)14(9-12)18(22)23/h2-9H,10H2,1H3. The zero-order chi connectivity index (χ0) is 17.0. The van der Waals surface area contributed by atoms with Crippen molar-refractivity contribution in [2.75, 3.05) is 7.05 Å². The van der Waals surface area contributed by atoms with Crippen molar-refractivity contribution in [2.24, 2.45) is 0 Å². The molecule has 0 radical (unpaired) electrons. The maximum absolute atomic E-state index is 12.3. The average Bonchev–Trinajstić information content (AvgIpc) is 2.54. The van der Waals surface area contributed by atoms with E-state index in [4.69, 9.17) is 0 Å². The van der Waals surface area contributed by atoms with E-state index in [0.717, 1.165) is 17.7 Å². The Balaban J connectivity index is 2.27. The summed E-state index contributed by atoms with van der Waals surface area (Å²) in [5.74, 6) is -0.452. The van der Waals surface area contributed by atoms with Crippen molar-refractivity contribution in [3.05, 3.63) is 79.9 Å². The van der Waals surface area contributed by atoms with Gasteiger partial charge in [0.1, 0.15) is 0 Å². The highest BCUT2D eigenvalue weighted by molar-refractivity contribution is 5.95. The average molecular weight is 315 g/mol. The van der Waals surface area contributed by atoms with Crippen LogP contribution in [-0.2, 0) is 6.54 Å². The number of hydrogen-bond donors (Lipinski definition) is 0. The minimum absolute atomic E-state index is 0.0285. The smallest absolute Gasteiger partial charge is 0.337 e. The number of carbonyl (C=O) groups excluding carboxylic acids is 1. The Hall–Kier alpha value is -3.29. The van der Waals surface area contributed by atoms with Crippen molar-refractivity contribution in [2.45, 2.75) is 6.54 Å². The third kappa shape index (κ3) is 3.67. The second-order valence-corrected chi connectivity index (χ2v) is 4.86. The zero-order valence-electron chi connectivity index (χ0n) is 12.2. The van der Waals surface area contributed by atoms with Crippen LogP contribution in [0.3, 0.4) is 0 Å². The van der Waals surface area contributed by atoms with Crippen LogP contribution in [0.5, 0.6) is 0 Å². The predicted octanol–water partition coefficient (Wildman–Crippen LogP) is 2.78. The van der Waals surface area contributed by atoms with Gasteiger partial charge in [-0.05, 0) is 11.6 Å². The molecule has 0 spiro atoms. The Labute approximate surface area is 131 Å². The fourth-order valence-electron chi connectivity index (χ4n) is 2.11. The Morgan fingerprint density at radius 1 is 1.00 bits per heavy atom. The van der Waals surface area contributed by atoms with E-state index < -0.39 is 27.1 Å². The van der Waals surface area contributed by atoms with Crippen LogP contribution in [0.4, 0.5) is 11.4 Å². The van der Waals surface area contributed by atoms with Gasteiger partial charge in [-0.2, -0.15) is 0 Å². The summed E-state index contributed by atoms with van der Waals surface area (Å²) in [6, 6.07) is 12.3. The molecule has 0 atom stereocenters. The first kappa shape index (κ1) is 16.1. The summed E-state index contributed by atoms with van der Waals surface area (Å²) >= 11 is 0. The molecular weight excluding hydrogens is 302 g/mol. The fraction of sp³-hybridized carbons (Fsp3) is 0.133. The molecule has 8 nitrogen and oxygen atoms in total. The number of nitro groups is 2. The fourth-order valence-corrected chi connectivity index (χ4v) is 2.11.